The molecule has 4 nitrogen and oxygen atoms in total. The average molecular weight is 308 g/mol. The molecule has 0 unspecified atom stereocenters. The van der Waals surface area contributed by atoms with Crippen molar-refractivity contribution in [1.82, 2.24) is 10.3 Å². The summed E-state index contributed by atoms with van der Waals surface area (Å²) in [6.45, 7) is 1.38. The van der Waals surface area contributed by atoms with Gasteiger partial charge in [-0.25, -0.2) is 4.98 Å². The van der Waals surface area contributed by atoms with Gasteiger partial charge in [0, 0.05) is 23.1 Å². The Balaban J connectivity index is 2.33. The summed E-state index contributed by atoms with van der Waals surface area (Å²) in [6.07, 6.45) is 1.57. The number of rotatable bonds is 6. The Labute approximate surface area is 107 Å². The summed E-state index contributed by atoms with van der Waals surface area (Å²) in [6, 6.07) is 3.52. The van der Waals surface area contributed by atoms with Gasteiger partial charge in [0.15, 0.2) is 0 Å². The molecule has 16 heavy (non-hydrogen) atoms. The van der Waals surface area contributed by atoms with E-state index in [9.17, 15) is 4.79 Å². The van der Waals surface area contributed by atoms with Gasteiger partial charge in [-0.3, -0.25) is 4.79 Å². The number of pyridine rings is 1. The largest absolute Gasteiger partial charge is 0.378 e. The molecule has 0 aliphatic heterocycles. The predicted octanol–water partition coefficient (Wildman–Crippen LogP) is 1.83. The first-order valence-corrected chi connectivity index (χ1v) is 6.11. The molecule has 6 heteroatoms. The molecular weight excluding hydrogens is 295 g/mol. The topological polar surface area (TPSA) is 51.2 Å². The second kappa shape index (κ2) is 7.60. The Hall–Kier alpha value is -0.650. The zero-order valence-corrected chi connectivity index (χ0v) is 10.9. The van der Waals surface area contributed by atoms with Crippen LogP contribution in [0.5, 0.6) is 0 Å². The average Bonchev–Trinajstić information content (AvgIpc) is 2.29. The van der Waals surface area contributed by atoms with E-state index >= 15 is 0 Å². The van der Waals surface area contributed by atoms with Crippen molar-refractivity contribution < 1.29 is 9.53 Å². The van der Waals surface area contributed by atoms with Crippen LogP contribution in [0.25, 0.3) is 0 Å². The Morgan fingerprint density at radius 2 is 2.38 bits per heavy atom. The van der Waals surface area contributed by atoms with E-state index < -0.39 is 0 Å². The molecule has 0 radical (unpaired) electrons. The standard InChI is InChI=1S/C10H12BrClN2O2/c11-8-2-1-4-13-9(8)10(15)14-5-7-16-6-3-12/h1-2,4H,3,5-7H2,(H,14,15). The molecule has 0 saturated carbocycles. The van der Waals surface area contributed by atoms with Gasteiger partial charge in [0.05, 0.1) is 13.2 Å². The molecule has 1 N–H and O–H groups in total. The first kappa shape index (κ1) is 13.4. The van der Waals surface area contributed by atoms with Crippen LogP contribution in [0.2, 0.25) is 0 Å². The second-order valence-corrected chi connectivity index (χ2v) is 4.12. The lowest BCUT2D eigenvalue weighted by atomic mass is 10.3. The first-order valence-electron chi connectivity index (χ1n) is 4.78. The van der Waals surface area contributed by atoms with Crippen LogP contribution in [0, 0.1) is 0 Å². The van der Waals surface area contributed by atoms with E-state index in [1.54, 1.807) is 18.3 Å². The van der Waals surface area contributed by atoms with Gasteiger partial charge < -0.3 is 10.1 Å². The van der Waals surface area contributed by atoms with Crippen molar-refractivity contribution in [1.29, 1.82) is 0 Å². The number of aromatic nitrogens is 1. The Morgan fingerprint density at radius 1 is 1.56 bits per heavy atom. The first-order chi connectivity index (χ1) is 7.75. The molecule has 0 bridgehead atoms. The highest BCUT2D eigenvalue weighted by Gasteiger charge is 2.09. The lowest BCUT2D eigenvalue weighted by Crippen LogP contribution is -2.28. The van der Waals surface area contributed by atoms with Crippen LogP contribution in [0.15, 0.2) is 22.8 Å². The van der Waals surface area contributed by atoms with E-state index in [4.69, 9.17) is 16.3 Å². The van der Waals surface area contributed by atoms with E-state index in [-0.39, 0.29) is 5.91 Å². The minimum Gasteiger partial charge on any atom is -0.378 e. The number of hydrogen-bond acceptors (Lipinski definition) is 3. The molecule has 1 aromatic heterocycles. The van der Waals surface area contributed by atoms with Gasteiger partial charge in [-0.15, -0.1) is 11.6 Å². The molecule has 1 aromatic rings. The molecule has 0 fully saturated rings. The number of carbonyl (C=O) groups is 1. The van der Waals surface area contributed by atoms with E-state index in [2.05, 4.69) is 26.2 Å². The molecule has 0 aliphatic rings. The zero-order valence-electron chi connectivity index (χ0n) is 8.58. The quantitative estimate of drug-likeness (QED) is 0.644. The van der Waals surface area contributed by atoms with Crippen molar-refractivity contribution in [3.63, 3.8) is 0 Å². The zero-order chi connectivity index (χ0) is 11.8. The van der Waals surface area contributed by atoms with Gasteiger partial charge in [0.1, 0.15) is 5.69 Å². The maximum Gasteiger partial charge on any atom is 0.271 e. The highest BCUT2D eigenvalue weighted by atomic mass is 79.9. The van der Waals surface area contributed by atoms with Crippen LogP contribution in [0.1, 0.15) is 10.5 Å². The highest BCUT2D eigenvalue weighted by molar-refractivity contribution is 9.10. The van der Waals surface area contributed by atoms with E-state index in [1.807, 2.05) is 0 Å². The van der Waals surface area contributed by atoms with Crippen molar-refractivity contribution in [3.05, 3.63) is 28.5 Å². The van der Waals surface area contributed by atoms with Crippen LogP contribution < -0.4 is 5.32 Å². The van der Waals surface area contributed by atoms with Crippen molar-refractivity contribution >= 4 is 33.4 Å². The smallest absolute Gasteiger partial charge is 0.271 e. The normalized spacial score (nSPS) is 10.1. The van der Waals surface area contributed by atoms with Gasteiger partial charge in [-0.1, -0.05) is 0 Å². The van der Waals surface area contributed by atoms with Gasteiger partial charge >= 0.3 is 0 Å². The van der Waals surface area contributed by atoms with Crippen molar-refractivity contribution in [2.75, 3.05) is 25.6 Å². The Bertz CT molecular complexity index is 349. The third-order valence-corrected chi connectivity index (χ3v) is 2.52. The molecule has 1 rings (SSSR count). The summed E-state index contributed by atoms with van der Waals surface area (Å²) in [5, 5.41) is 2.70. The summed E-state index contributed by atoms with van der Waals surface area (Å²) in [5.41, 5.74) is 0.375. The maximum atomic E-state index is 11.6. The lowest BCUT2D eigenvalue weighted by molar-refractivity contribution is 0.0918. The number of amides is 1. The molecule has 0 aliphatic carbocycles. The molecule has 0 atom stereocenters. The molecule has 1 heterocycles. The number of ether oxygens (including phenoxy) is 1. The Kier molecular flexibility index (Phi) is 6.37. The van der Waals surface area contributed by atoms with Crippen LogP contribution in [0.4, 0.5) is 0 Å². The van der Waals surface area contributed by atoms with Crippen LogP contribution >= 0.6 is 27.5 Å². The fourth-order valence-corrected chi connectivity index (χ4v) is 1.57. The highest BCUT2D eigenvalue weighted by Crippen LogP contribution is 2.12. The van der Waals surface area contributed by atoms with Crippen LogP contribution in [0.3, 0.4) is 0 Å². The van der Waals surface area contributed by atoms with E-state index in [0.29, 0.717) is 35.8 Å². The van der Waals surface area contributed by atoms with Crippen molar-refractivity contribution in [2.45, 2.75) is 0 Å². The second-order valence-electron chi connectivity index (χ2n) is 2.89. The lowest BCUT2D eigenvalue weighted by Gasteiger charge is -2.05. The number of carbonyl (C=O) groups excluding carboxylic acids is 1. The van der Waals surface area contributed by atoms with Crippen molar-refractivity contribution in [2.24, 2.45) is 0 Å². The number of hydrogen-bond donors (Lipinski definition) is 1. The number of nitrogens with zero attached hydrogens (tertiary/aromatic N) is 1. The summed E-state index contributed by atoms with van der Waals surface area (Å²) in [4.78, 5) is 15.6. The minimum absolute atomic E-state index is 0.220. The predicted molar refractivity (Wildman–Crippen MR) is 65.8 cm³/mol. The summed E-state index contributed by atoms with van der Waals surface area (Å²) in [5.74, 6) is 0.238. The molecule has 0 aromatic carbocycles. The maximum absolute atomic E-state index is 11.6. The molecule has 0 saturated heterocycles. The number of alkyl halides is 1. The summed E-state index contributed by atoms with van der Waals surface area (Å²) < 4.78 is 5.80. The Morgan fingerprint density at radius 3 is 3.06 bits per heavy atom. The number of halogens is 2. The van der Waals surface area contributed by atoms with Gasteiger partial charge in [-0.05, 0) is 28.1 Å². The SMILES string of the molecule is O=C(NCCOCCCl)c1ncccc1Br. The van der Waals surface area contributed by atoms with Crippen molar-refractivity contribution in [3.8, 4) is 0 Å². The summed E-state index contributed by atoms with van der Waals surface area (Å²) >= 11 is 8.69. The molecular formula is C10H12BrClN2O2. The van der Waals surface area contributed by atoms with E-state index in [1.165, 1.54) is 0 Å². The monoisotopic (exact) mass is 306 g/mol. The van der Waals surface area contributed by atoms with Crippen LogP contribution in [-0.4, -0.2) is 36.5 Å². The summed E-state index contributed by atoms with van der Waals surface area (Å²) in [7, 11) is 0. The fourth-order valence-electron chi connectivity index (χ4n) is 1.03. The molecule has 88 valence electrons. The molecule has 0 spiro atoms. The minimum atomic E-state index is -0.220. The number of nitrogens with one attached hydrogen (secondary N) is 1. The fraction of sp³-hybridized carbons (Fsp3) is 0.400. The van der Waals surface area contributed by atoms with Crippen LogP contribution in [-0.2, 0) is 4.74 Å². The van der Waals surface area contributed by atoms with Gasteiger partial charge in [0.25, 0.3) is 5.91 Å². The van der Waals surface area contributed by atoms with Gasteiger partial charge in [0.2, 0.25) is 0 Å². The third-order valence-electron chi connectivity index (χ3n) is 1.73. The molecule has 1 amide bonds. The van der Waals surface area contributed by atoms with E-state index in [0.717, 1.165) is 0 Å². The third kappa shape index (κ3) is 4.47. The van der Waals surface area contributed by atoms with Gasteiger partial charge in [-0.2, -0.15) is 0 Å².